The molecule has 0 aliphatic rings. The van der Waals surface area contributed by atoms with Gasteiger partial charge in [-0.15, -0.1) is 0 Å². The Kier molecular flexibility index (Phi) is 6.78. The fourth-order valence-corrected chi connectivity index (χ4v) is 0.892. The van der Waals surface area contributed by atoms with Gasteiger partial charge in [-0.1, -0.05) is 37.6 Å². The van der Waals surface area contributed by atoms with Crippen LogP contribution in [0.3, 0.4) is 0 Å². The van der Waals surface area contributed by atoms with E-state index in [4.69, 9.17) is 0 Å². The standard InChI is InChI=1S/C11H21N/c1-5-10(2)11(3)8-6-7-9-12-4/h6-8,10,12H,5,9H2,1-4H3/b7-6+,11-8+. The molecule has 0 aliphatic carbocycles. The zero-order chi connectivity index (χ0) is 9.40. The van der Waals surface area contributed by atoms with Gasteiger partial charge in [0.15, 0.2) is 0 Å². The third kappa shape index (κ3) is 5.14. The van der Waals surface area contributed by atoms with Crippen molar-refractivity contribution in [1.29, 1.82) is 0 Å². The summed E-state index contributed by atoms with van der Waals surface area (Å²) in [6.45, 7) is 7.62. The Bertz CT molecular complexity index is 156. The van der Waals surface area contributed by atoms with Crippen molar-refractivity contribution in [3.8, 4) is 0 Å². The second kappa shape index (κ2) is 7.11. The van der Waals surface area contributed by atoms with E-state index in [1.54, 1.807) is 0 Å². The van der Waals surface area contributed by atoms with Gasteiger partial charge in [-0.25, -0.2) is 0 Å². The van der Waals surface area contributed by atoms with Crippen molar-refractivity contribution in [1.82, 2.24) is 5.32 Å². The molecule has 1 nitrogen and oxygen atoms in total. The highest BCUT2D eigenvalue weighted by molar-refractivity contribution is 5.12. The SMILES string of the molecule is CCC(C)/C(C)=C/C=C/CNC. The summed E-state index contributed by atoms with van der Waals surface area (Å²) in [6.07, 6.45) is 7.68. The molecule has 1 unspecified atom stereocenters. The first-order valence-electron chi connectivity index (χ1n) is 4.70. The number of hydrogen-bond acceptors (Lipinski definition) is 1. The van der Waals surface area contributed by atoms with Crippen LogP contribution in [-0.2, 0) is 0 Å². The minimum Gasteiger partial charge on any atom is -0.316 e. The average molecular weight is 167 g/mol. The molecule has 0 saturated heterocycles. The van der Waals surface area contributed by atoms with Crippen molar-refractivity contribution in [2.45, 2.75) is 27.2 Å². The number of nitrogens with one attached hydrogen (secondary N) is 1. The summed E-state index contributed by atoms with van der Waals surface area (Å²) in [5.41, 5.74) is 1.46. The van der Waals surface area contributed by atoms with Gasteiger partial charge in [0, 0.05) is 6.54 Å². The highest BCUT2D eigenvalue weighted by atomic mass is 14.8. The molecular weight excluding hydrogens is 146 g/mol. The molecule has 0 amide bonds. The Morgan fingerprint density at radius 3 is 2.67 bits per heavy atom. The third-order valence-electron chi connectivity index (χ3n) is 2.21. The minimum absolute atomic E-state index is 0.712. The van der Waals surface area contributed by atoms with Crippen LogP contribution in [0.5, 0.6) is 0 Å². The maximum atomic E-state index is 3.07. The molecule has 0 heterocycles. The van der Waals surface area contributed by atoms with Crippen LogP contribution >= 0.6 is 0 Å². The molecule has 0 spiro atoms. The van der Waals surface area contributed by atoms with Crippen LogP contribution in [0.2, 0.25) is 0 Å². The highest BCUT2D eigenvalue weighted by Crippen LogP contribution is 2.12. The van der Waals surface area contributed by atoms with Gasteiger partial charge in [-0.3, -0.25) is 0 Å². The summed E-state index contributed by atoms with van der Waals surface area (Å²) in [4.78, 5) is 0. The van der Waals surface area contributed by atoms with Gasteiger partial charge in [0.1, 0.15) is 0 Å². The lowest BCUT2D eigenvalue weighted by atomic mass is 10.00. The predicted molar refractivity (Wildman–Crippen MR) is 56.3 cm³/mol. The van der Waals surface area contributed by atoms with E-state index in [1.807, 2.05) is 7.05 Å². The van der Waals surface area contributed by atoms with E-state index in [2.05, 4.69) is 44.3 Å². The lowest BCUT2D eigenvalue weighted by Gasteiger charge is -2.06. The van der Waals surface area contributed by atoms with Crippen molar-refractivity contribution in [3.05, 3.63) is 23.8 Å². The lowest BCUT2D eigenvalue weighted by molar-refractivity contribution is 0.655. The molecule has 0 saturated carbocycles. The van der Waals surface area contributed by atoms with E-state index in [1.165, 1.54) is 12.0 Å². The molecule has 12 heavy (non-hydrogen) atoms. The smallest absolute Gasteiger partial charge is 0.0134 e. The largest absolute Gasteiger partial charge is 0.316 e. The summed E-state index contributed by atoms with van der Waals surface area (Å²) >= 11 is 0. The van der Waals surface area contributed by atoms with Crippen LogP contribution in [0.4, 0.5) is 0 Å². The van der Waals surface area contributed by atoms with Crippen LogP contribution in [0, 0.1) is 5.92 Å². The molecule has 0 radical (unpaired) electrons. The monoisotopic (exact) mass is 167 g/mol. The van der Waals surface area contributed by atoms with E-state index < -0.39 is 0 Å². The van der Waals surface area contributed by atoms with E-state index in [0.29, 0.717) is 5.92 Å². The van der Waals surface area contributed by atoms with Gasteiger partial charge in [0.05, 0.1) is 0 Å². The summed E-state index contributed by atoms with van der Waals surface area (Å²) in [5.74, 6) is 0.712. The zero-order valence-electron chi connectivity index (χ0n) is 8.72. The van der Waals surface area contributed by atoms with Crippen molar-refractivity contribution < 1.29 is 0 Å². The average Bonchev–Trinajstić information content (AvgIpc) is 2.10. The van der Waals surface area contributed by atoms with E-state index >= 15 is 0 Å². The topological polar surface area (TPSA) is 12.0 Å². The van der Waals surface area contributed by atoms with E-state index in [0.717, 1.165) is 6.54 Å². The van der Waals surface area contributed by atoms with Gasteiger partial charge in [-0.2, -0.15) is 0 Å². The quantitative estimate of drug-likeness (QED) is 0.621. The Morgan fingerprint density at radius 1 is 1.50 bits per heavy atom. The Morgan fingerprint density at radius 2 is 2.17 bits per heavy atom. The third-order valence-corrected chi connectivity index (χ3v) is 2.21. The molecule has 0 aromatic rings. The molecule has 1 atom stereocenters. The fraction of sp³-hybridized carbons (Fsp3) is 0.636. The van der Waals surface area contributed by atoms with Crippen LogP contribution in [0.15, 0.2) is 23.8 Å². The maximum Gasteiger partial charge on any atom is 0.0134 e. The van der Waals surface area contributed by atoms with Gasteiger partial charge in [0.2, 0.25) is 0 Å². The first kappa shape index (κ1) is 11.4. The lowest BCUT2D eigenvalue weighted by Crippen LogP contribution is -2.03. The van der Waals surface area contributed by atoms with Crippen LogP contribution in [0.1, 0.15) is 27.2 Å². The summed E-state index contributed by atoms with van der Waals surface area (Å²) < 4.78 is 0. The first-order chi connectivity index (χ1) is 5.72. The van der Waals surface area contributed by atoms with Crippen LogP contribution < -0.4 is 5.32 Å². The molecule has 0 aromatic heterocycles. The molecule has 0 fully saturated rings. The van der Waals surface area contributed by atoms with Gasteiger partial charge in [-0.05, 0) is 26.3 Å². The first-order valence-corrected chi connectivity index (χ1v) is 4.70. The molecule has 1 N–H and O–H groups in total. The molecule has 70 valence electrons. The molecular formula is C11H21N. The minimum atomic E-state index is 0.712. The van der Waals surface area contributed by atoms with Crippen LogP contribution in [0.25, 0.3) is 0 Å². The van der Waals surface area contributed by atoms with Crippen LogP contribution in [-0.4, -0.2) is 13.6 Å². The number of likely N-dealkylation sites (N-methyl/N-ethyl adjacent to an activating group) is 1. The molecule has 0 rings (SSSR count). The molecule has 0 aromatic carbocycles. The Labute approximate surface area is 76.6 Å². The number of allylic oxidation sites excluding steroid dienone is 3. The van der Waals surface area contributed by atoms with Crippen molar-refractivity contribution in [2.75, 3.05) is 13.6 Å². The Balaban J connectivity index is 3.82. The second-order valence-corrected chi connectivity index (χ2v) is 3.21. The predicted octanol–water partition coefficient (Wildman–Crippen LogP) is 2.75. The van der Waals surface area contributed by atoms with Crippen molar-refractivity contribution in [3.63, 3.8) is 0 Å². The van der Waals surface area contributed by atoms with E-state index in [-0.39, 0.29) is 0 Å². The zero-order valence-corrected chi connectivity index (χ0v) is 8.72. The summed E-state index contributed by atoms with van der Waals surface area (Å²) in [5, 5.41) is 3.07. The Hall–Kier alpha value is -0.560. The fourth-order valence-electron chi connectivity index (χ4n) is 0.892. The van der Waals surface area contributed by atoms with E-state index in [9.17, 15) is 0 Å². The summed E-state index contributed by atoms with van der Waals surface area (Å²) in [7, 11) is 1.95. The molecule has 1 heteroatoms. The number of hydrogen-bond donors (Lipinski definition) is 1. The van der Waals surface area contributed by atoms with Gasteiger partial charge in [0.25, 0.3) is 0 Å². The normalized spacial score (nSPS) is 15.5. The maximum absolute atomic E-state index is 3.07. The van der Waals surface area contributed by atoms with Gasteiger partial charge >= 0.3 is 0 Å². The highest BCUT2D eigenvalue weighted by Gasteiger charge is 1.97. The molecule has 0 aliphatic heterocycles. The van der Waals surface area contributed by atoms with Crippen molar-refractivity contribution in [2.24, 2.45) is 5.92 Å². The second-order valence-electron chi connectivity index (χ2n) is 3.21. The van der Waals surface area contributed by atoms with Gasteiger partial charge < -0.3 is 5.32 Å². The van der Waals surface area contributed by atoms with Crippen molar-refractivity contribution >= 4 is 0 Å². The number of rotatable bonds is 5. The molecule has 0 bridgehead atoms. The summed E-state index contributed by atoms with van der Waals surface area (Å²) in [6, 6.07) is 0.